The van der Waals surface area contributed by atoms with Crippen molar-refractivity contribution in [2.45, 2.75) is 13.3 Å². The fourth-order valence-corrected chi connectivity index (χ4v) is 9.37. The number of hydrogen-bond acceptors (Lipinski definition) is 4. The van der Waals surface area contributed by atoms with E-state index < -0.39 is 0 Å². The van der Waals surface area contributed by atoms with E-state index in [-0.39, 0.29) is 0 Å². The van der Waals surface area contributed by atoms with Crippen LogP contribution >= 0.6 is 0 Å². The number of nitrogens with zero attached hydrogens (tertiary/aromatic N) is 5. The molecule has 0 amide bonds. The molecule has 3 heterocycles. The van der Waals surface area contributed by atoms with Gasteiger partial charge in [0, 0.05) is 45.1 Å². The predicted molar refractivity (Wildman–Crippen MR) is 277 cm³/mol. The van der Waals surface area contributed by atoms with Crippen LogP contribution in [0, 0.1) is 0 Å². The summed E-state index contributed by atoms with van der Waals surface area (Å²) in [5.41, 5.74) is 17.8. The molecule has 0 aliphatic rings. The van der Waals surface area contributed by atoms with E-state index in [1.807, 2.05) is 12.1 Å². The van der Waals surface area contributed by atoms with Gasteiger partial charge in [-0.2, -0.15) is 0 Å². The molecular weight excluding hydrogens is 815 g/mol. The molecule has 0 unspecified atom stereocenters. The predicted octanol–water partition coefficient (Wildman–Crippen LogP) is 15.7. The van der Waals surface area contributed by atoms with E-state index in [2.05, 4.69) is 230 Å². The normalized spacial score (nSPS) is 11.4. The van der Waals surface area contributed by atoms with Gasteiger partial charge >= 0.3 is 0 Å². The van der Waals surface area contributed by atoms with Gasteiger partial charge in [-0.1, -0.05) is 207 Å². The average Bonchev–Trinajstić information content (AvgIpc) is 3.81. The molecule has 67 heavy (non-hydrogen) atoms. The molecule has 12 aromatic rings. The Balaban J connectivity index is 0.904. The van der Waals surface area contributed by atoms with E-state index in [0.29, 0.717) is 5.82 Å². The van der Waals surface area contributed by atoms with Crippen molar-refractivity contribution < 1.29 is 0 Å². The molecule has 3 aromatic heterocycles. The van der Waals surface area contributed by atoms with Crippen molar-refractivity contribution in [1.29, 1.82) is 0 Å². The molecule has 12 rings (SSSR count). The molecule has 0 saturated carbocycles. The van der Waals surface area contributed by atoms with Crippen LogP contribution < -0.4 is 0 Å². The van der Waals surface area contributed by atoms with Crippen LogP contribution in [0.5, 0.6) is 0 Å². The summed E-state index contributed by atoms with van der Waals surface area (Å²) in [7, 11) is 0. The van der Waals surface area contributed by atoms with E-state index in [1.54, 1.807) is 0 Å². The monoisotopic (exact) mass is 857 g/mol. The van der Waals surface area contributed by atoms with Crippen LogP contribution in [0.25, 0.3) is 117 Å². The van der Waals surface area contributed by atoms with E-state index >= 15 is 0 Å². The average molecular weight is 858 g/mol. The number of hydrogen-bond donors (Lipinski definition) is 0. The second-order valence-electron chi connectivity index (χ2n) is 16.9. The minimum absolute atomic E-state index is 0.684. The van der Waals surface area contributed by atoms with Gasteiger partial charge in [-0.15, -0.1) is 0 Å². The smallest absolute Gasteiger partial charge is 0.160 e. The second-order valence-corrected chi connectivity index (χ2v) is 16.9. The first kappa shape index (κ1) is 39.8. The molecule has 0 spiro atoms. The summed E-state index contributed by atoms with van der Waals surface area (Å²) in [6, 6.07) is 81.1. The quantitative estimate of drug-likeness (QED) is 0.136. The molecule has 0 fully saturated rings. The van der Waals surface area contributed by atoms with E-state index in [4.69, 9.17) is 19.9 Å². The molecule has 5 nitrogen and oxygen atoms in total. The maximum atomic E-state index is 5.34. The van der Waals surface area contributed by atoms with Crippen LogP contribution in [0.2, 0.25) is 0 Å². The molecular formula is C62H43N5. The van der Waals surface area contributed by atoms with Gasteiger partial charge in [-0.25, -0.2) is 19.9 Å². The lowest BCUT2D eigenvalue weighted by atomic mass is 9.96. The number of imidazole rings is 1. The Morgan fingerprint density at radius 2 is 0.806 bits per heavy atom. The highest BCUT2D eigenvalue weighted by molar-refractivity contribution is 6.20. The van der Waals surface area contributed by atoms with Crippen LogP contribution in [-0.4, -0.2) is 24.5 Å². The largest absolute Gasteiger partial charge is 0.296 e. The van der Waals surface area contributed by atoms with Crippen molar-refractivity contribution in [3.05, 3.63) is 236 Å². The highest BCUT2D eigenvalue weighted by Gasteiger charge is 2.20. The zero-order valence-corrected chi connectivity index (χ0v) is 36.9. The number of benzene rings is 9. The van der Waals surface area contributed by atoms with Crippen LogP contribution in [0.15, 0.2) is 231 Å². The lowest BCUT2D eigenvalue weighted by molar-refractivity contribution is 0.908. The number of fused-ring (bicyclic) bond motifs is 5. The molecule has 5 heteroatoms. The Morgan fingerprint density at radius 1 is 0.358 bits per heavy atom. The molecule has 0 radical (unpaired) electrons. The van der Waals surface area contributed by atoms with Crippen molar-refractivity contribution in [2.24, 2.45) is 0 Å². The number of aromatic nitrogens is 5. The Kier molecular flexibility index (Phi) is 10.1. The van der Waals surface area contributed by atoms with Crippen molar-refractivity contribution in [3.63, 3.8) is 0 Å². The van der Waals surface area contributed by atoms with Gasteiger partial charge in [0.1, 0.15) is 5.82 Å². The zero-order chi connectivity index (χ0) is 44.7. The summed E-state index contributed by atoms with van der Waals surface area (Å²) in [5.74, 6) is 1.71. The van der Waals surface area contributed by atoms with Crippen LogP contribution in [0.4, 0.5) is 0 Å². The van der Waals surface area contributed by atoms with E-state index in [0.717, 1.165) is 107 Å². The van der Waals surface area contributed by atoms with Crippen molar-refractivity contribution >= 4 is 32.7 Å². The first-order valence-corrected chi connectivity index (χ1v) is 22.9. The second kappa shape index (κ2) is 17.0. The molecule has 0 aliphatic carbocycles. The SMILES string of the molecule is CCc1nc2c3c(-c4ccc(-c5ccc(-c6cc(-c7ccc(-c8ccccc8)cc7)nc(-c7ccc(-c8ccccc8)cc7)n6)cc5)cc4)nc4ccccc4c3ccc2n1-c1ccccc1. The van der Waals surface area contributed by atoms with E-state index in [1.165, 1.54) is 16.7 Å². The van der Waals surface area contributed by atoms with Crippen LogP contribution in [-0.2, 0) is 6.42 Å². The maximum absolute atomic E-state index is 5.34. The highest BCUT2D eigenvalue weighted by Crippen LogP contribution is 2.39. The standard InChI is InChI=1S/C62H43N5/c1-2-58-66-61-57(67(58)51-18-10-5-11-19-51)39-38-53-52-20-12-13-21-54(52)63-60(59(53)61)49-34-26-46(27-35-49)45-24-32-48(33-25-45)56-40-55(47-30-22-43(23-31-47)41-14-6-3-7-15-41)64-62(65-56)50-36-28-44(29-37-50)42-16-8-4-9-17-42/h3-40H,2H2,1H3. The molecule has 316 valence electrons. The van der Waals surface area contributed by atoms with Gasteiger partial charge in [0.2, 0.25) is 0 Å². The Morgan fingerprint density at radius 3 is 1.34 bits per heavy atom. The lowest BCUT2D eigenvalue weighted by Gasteiger charge is -2.13. The lowest BCUT2D eigenvalue weighted by Crippen LogP contribution is -1.99. The Hall–Kier alpha value is -8.80. The minimum Gasteiger partial charge on any atom is -0.296 e. The van der Waals surface area contributed by atoms with Gasteiger partial charge < -0.3 is 0 Å². The molecule has 0 aliphatic heterocycles. The summed E-state index contributed by atoms with van der Waals surface area (Å²) in [5, 5.41) is 3.34. The van der Waals surface area contributed by atoms with Gasteiger partial charge in [-0.3, -0.25) is 4.57 Å². The van der Waals surface area contributed by atoms with Crippen molar-refractivity contribution in [3.8, 4) is 84.2 Å². The number of rotatable bonds is 9. The first-order valence-electron chi connectivity index (χ1n) is 22.9. The maximum Gasteiger partial charge on any atom is 0.160 e. The third-order valence-electron chi connectivity index (χ3n) is 12.8. The van der Waals surface area contributed by atoms with Crippen molar-refractivity contribution in [1.82, 2.24) is 24.5 Å². The van der Waals surface area contributed by atoms with Crippen LogP contribution in [0.1, 0.15) is 12.7 Å². The third-order valence-corrected chi connectivity index (χ3v) is 12.8. The number of pyridine rings is 1. The Bertz CT molecular complexity index is 3610. The van der Waals surface area contributed by atoms with Gasteiger partial charge in [-0.05, 0) is 69.1 Å². The summed E-state index contributed by atoms with van der Waals surface area (Å²) < 4.78 is 2.29. The summed E-state index contributed by atoms with van der Waals surface area (Å²) in [6.45, 7) is 2.17. The number of aryl methyl sites for hydroxylation is 1. The van der Waals surface area contributed by atoms with Gasteiger partial charge in [0.05, 0.1) is 33.6 Å². The molecule has 0 bridgehead atoms. The molecule has 0 N–H and O–H groups in total. The van der Waals surface area contributed by atoms with Gasteiger partial charge in [0.15, 0.2) is 5.82 Å². The van der Waals surface area contributed by atoms with Crippen LogP contribution in [0.3, 0.4) is 0 Å². The fraction of sp³-hybridized carbons (Fsp3) is 0.0323. The molecule has 9 aromatic carbocycles. The molecule has 0 atom stereocenters. The summed E-state index contributed by atoms with van der Waals surface area (Å²) in [6.07, 6.45) is 0.806. The third kappa shape index (κ3) is 7.43. The summed E-state index contributed by atoms with van der Waals surface area (Å²) in [4.78, 5) is 21.0. The first-order chi connectivity index (χ1) is 33.1. The van der Waals surface area contributed by atoms with E-state index in [9.17, 15) is 0 Å². The topological polar surface area (TPSA) is 56.5 Å². The minimum atomic E-state index is 0.684. The highest BCUT2D eigenvalue weighted by atomic mass is 15.1. The zero-order valence-electron chi connectivity index (χ0n) is 36.9. The fourth-order valence-electron chi connectivity index (χ4n) is 9.37. The van der Waals surface area contributed by atoms with Crippen molar-refractivity contribution in [2.75, 3.05) is 0 Å². The molecule has 0 saturated heterocycles. The Labute approximate surface area is 389 Å². The number of para-hydroxylation sites is 2. The van der Waals surface area contributed by atoms with Gasteiger partial charge in [0.25, 0.3) is 0 Å². The summed E-state index contributed by atoms with van der Waals surface area (Å²) >= 11 is 0.